The van der Waals surface area contributed by atoms with Crippen LogP contribution in [0.3, 0.4) is 0 Å². The van der Waals surface area contributed by atoms with Crippen molar-refractivity contribution in [2.24, 2.45) is 0 Å². The van der Waals surface area contributed by atoms with Gasteiger partial charge in [0, 0.05) is 13.0 Å². The van der Waals surface area contributed by atoms with Gasteiger partial charge in [0.15, 0.2) is 0 Å². The average Bonchev–Trinajstić information content (AvgIpc) is 3.01. The van der Waals surface area contributed by atoms with Gasteiger partial charge in [-0.15, -0.1) is 0 Å². The fraction of sp³-hybridized carbons (Fsp3) is 0.529. The molecule has 0 aromatic heterocycles. The molecule has 1 aliphatic carbocycles. The van der Waals surface area contributed by atoms with Crippen molar-refractivity contribution in [1.29, 1.82) is 0 Å². The molecule has 22 heavy (non-hydrogen) atoms. The number of carbonyl (C=O) groups is 2. The number of hydrogen-bond donors (Lipinski definition) is 1. The molecular formula is C17H21NO4. The fourth-order valence-electron chi connectivity index (χ4n) is 3.57. The zero-order valence-electron chi connectivity index (χ0n) is 12.5. The number of aromatic carboxylic acids is 1. The number of carbonyl (C=O) groups excluding carboxylic acids is 1. The van der Waals surface area contributed by atoms with Crippen LogP contribution in [0, 0.1) is 0 Å². The number of rotatable bonds is 4. The van der Waals surface area contributed by atoms with Gasteiger partial charge in [-0.1, -0.05) is 18.2 Å². The minimum Gasteiger partial charge on any atom is -0.478 e. The lowest BCUT2D eigenvalue weighted by atomic mass is 10.0. The topological polar surface area (TPSA) is 66.8 Å². The van der Waals surface area contributed by atoms with Crippen LogP contribution >= 0.6 is 0 Å². The minimum absolute atomic E-state index is 0.111. The predicted octanol–water partition coefficient (Wildman–Crippen LogP) is 2.10. The first-order chi connectivity index (χ1) is 10.7. The Bertz CT molecular complexity index is 572. The fourth-order valence-corrected chi connectivity index (χ4v) is 3.57. The Kier molecular flexibility index (Phi) is 4.43. The van der Waals surface area contributed by atoms with Gasteiger partial charge in [-0.25, -0.2) is 4.79 Å². The molecule has 1 saturated carbocycles. The third kappa shape index (κ3) is 2.99. The van der Waals surface area contributed by atoms with Crippen molar-refractivity contribution < 1.29 is 19.4 Å². The maximum atomic E-state index is 12.5. The number of morpholine rings is 1. The van der Waals surface area contributed by atoms with Crippen LogP contribution in [0.15, 0.2) is 24.3 Å². The minimum atomic E-state index is -0.940. The molecule has 1 amide bonds. The second-order valence-electron chi connectivity index (χ2n) is 5.96. The molecule has 5 heteroatoms. The Labute approximate surface area is 129 Å². The SMILES string of the molecule is O=C(O)c1ccccc1CCC(=O)N1CCO[C@@H]2CCC[C@@H]21. The smallest absolute Gasteiger partial charge is 0.335 e. The van der Waals surface area contributed by atoms with Crippen molar-refractivity contribution in [3.8, 4) is 0 Å². The van der Waals surface area contributed by atoms with E-state index in [1.165, 1.54) is 0 Å². The Morgan fingerprint density at radius 2 is 2.09 bits per heavy atom. The summed E-state index contributed by atoms with van der Waals surface area (Å²) < 4.78 is 5.72. The molecule has 2 aliphatic rings. The van der Waals surface area contributed by atoms with E-state index in [-0.39, 0.29) is 23.6 Å². The highest BCUT2D eigenvalue weighted by Crippen LogP contribution is 2.30. The zero-order chi connectivity index (χ0) is 15.5. The highest BCUT2D eigenvalue weighted by atomic mass is 16.5. The van der Waals surface area contributed by atoms with Crippen LogP contribution in [0.25, 0.3) is 0 Å². The Balaban J connectivity index is 1.64. The Morgan fingerprint density at radius 1 is 1.27 bits per heavy atom. The number of ether oxygens (including phenoxy) is 1. The number of nitrogens with zero attached hydrogens (tertiary/aromatic N) is 1. The summed E-state index contributed by atoms with van der Waals surface area (Å²) in [4.78, 5) is 25.7. The van der Waals surface area contributed by atoms with Gasteiger partial charge in [0.25, 0.3) is 0 Å². The van der Waals surface area contributed by atoms with Gasteiger partial charge in [0.2, 0.25) is 5.91 Å². The summed E-state index contributed by atoms with van der Waals surface area (Å²) in [5, 5.41) is 9.19. The molecular weight excluding hydrogens is 282 g/mol. The van der Waals surface area contributed by atoms with E-state index in [0.29, 0.717) is 26.0 Å². The molecule has 1 aromatic rings. The number of fused-ring (bicyclic) bond motifs is 1. The van der Waals surface area contributed by atoms with Gasteiger partial charge >= 0.3 is 5.97 Å². The lowest BCUT2D eigenvalue weighted by Crippen LogP contribution is -2.51. The molecule has 0 spiro atoms. The van der Waals surface area contributed by atoms with Crippen LogP contribution in [-0.2, 0) is 16.0 Å². The van der Waals surface area contributed by atoms with Crippen molar-refractivity contribution in [3.05, 3.63) is 35.4 Å². The van der Waals surface area contributed by atoms with E-state index in [0.717, 1.165) is 24.8 Å². The van der Waals surface area contributed by atoms with Crippen LogP contribution in [0.4, 0.5) is 0 Å². The van der Waals surface area contributed by atoms with Crippen LogP contribution in [0.2, 0.25) is 0 Å². The van der Waals surface area contributed by atoms with Gasteiger partial charge in [-0.3, -0.25) is 4.79 Å². The van der Waals surface area contributed by atoms with Crippen LogP contribution in [0.1, 0.15) is 41.6 Å². The molecule has 0 radical (unpaired) electrons. The number of carboxylic acid groups (broad SMARTS) is 1. The Hall–Kier alpha value is -1.88. The second-order valence-corrected chi connectivity index (χ2v) is 5.96. The molecule has 2 atom stereocenters. The summed E-state index contributed by atoms with van der Waals surface area (Å²) in [6, 6.07) is 7.11. The number of amides is 1. The third-order valence-electron chi connectivity index (χ3n) is 4.66. The summed E-state index contributed by atoms with van der Waals surface area (Å²) in [5.74, 6) is -0.828. The average molecular weight is 303 g/mol. The second kappa shape index (κ2) is 6.48. The number of hydrogen-bond acceptors (Lipinski definition) is 3. The van der Waals surface area contributed by atoms with Crippen LogP contribution < -0.4 is 0 Å². The summed E-state index contributed by atoms with van der Waals surface area (Å²) in [6.07, 6.45) is 4.19. The van der Waals surface area contributed by atoms with E-state index in [9.17, 15) is 14.7 Å². The highest BCUT2D eigenvalue weighted by molar-refractivity contribution is 5.89. The molecule has 3 rings (SSSR count). The molecule has 1 aliphatic heterocycles. The Morgan fingerprint density at radius 3 is 2.91 bits per heavy atom. The van der Waals surface area contributed by atoms with E-state index < -0.39 is 5.97 Å². The maximum absolute atomic E-state index is 12.5. The molecule has 118 valence electrons. The monoisotopic (exact) mass is 303 g/mol. The molecule has 0 unspecified atom stereocenters. The summed E-state index contributed by atoms with van der Waals surface area (Å²) in [6.45, 7) is 1.26. The summed E-state index contributed by atoms with van der Waals surface area (Å²) in [5.41, 5.74) is 1.01. The van der Waals surface area contributed by atoms with Gasteiger partial charge in [0.05, 0.1) is 24.3 Å². The number of aryl methyl sites for hydroxylation is 1. The van der Waals surface area contributed by atoms with Crippen LogP contribution in [0.5, 0.6) is 0 Å². The zero-order valence-corrected chi connectivity index (χ0v) is 12.5. The van der Waals surface area contributed by atoms with E-state index in [1.54, 1.807) is 18.2 Å². The number of benzene rings is 1. The molecule has 0 bridgehead atoms. The predicted molar refractivity (Wildman–Crippen MR) is 80.8 cm³/mol. The largest absolute Gasteiger partial charge is 0.478 e. The third-order valence-corrected chi connectivity index (χ3v) is 4.66. The lowest BCUT2D eigenvalue weighted by molar-refractivity contribution is -0.143. The van der Waals surface area contributed by atoms with Crippen LogP contribution in [-0.4, -0.2) is 47.2 Å². The van der Waals surface area contributed by atoms with Gasteiger partial charge in [-0.2, -0.15) is 0 Å². The standard InChI is InChI=1S/C17H21NO4/c19-16(18-10-11-22-15-7-3-6-14(15)18)9-8-12-4-1-2-5-13(12)17(20)21/h1-2,4-5,14-15H,3,6-11H2,(H,20,21)/t14-,15+/m0/s1. The van der Waals surface area contributed by atoms with Gasteiger partial charge in [0.1, 0.15) is 0 Å². The van der Waals surface area contributed by atoms with E-state index in [4.69, 9.17) is 4.74 Å². The number of carboxylic acids is 1. The highest BCUT2D eigenvalue weighted by Gasteiger charge is 2.38. The summed E-state index contributed by atoms with van der Waals surface area (Å²) in [7, 11) is 0. The normalized spacial score (nSPS) is 24.1. The van der Waals surface area contributed by atoms with Gasteiger partial charge < -0.3 is 14.7 Å². The molecule has 1 N–H and O–H groups in total. The lowest BCUT2D eigenvalue weighted by Gasteiger charge is -2.37. The van der Waals surface area contributed by atoms with Crippen molar-refractivity contribution in [2.45, 2.75) is 44.2 Å². The van der Waals surface area contributed by atoms with Crippen molar-refractivity contribution in [2.75, 3.05) is 13.2 Å². The summed E-state index contributed by atoms with van der Waals surface area (Å²) >= 11 is 0. The maximum Gasteiger partial charge on any atom is 0.335 e. The quantitative estimate of drug-likeness (QED) is 0.925. The first kappa shape index (κ1) is 15.0. The van der Waals surface area contributed by atoms with Crippen molar-refractivity contribution in [3.63, 3.8) is 0 Å². The van der Waals surface area contributed by atoms with Gasteiger partial charge in [-0.05, 0) is 37.3 Å². The molecule has 2 fully saturated rings. The van der Waals surface area contributed by atoms with Crippen molar-refractivity contribution >= 4 is 11.9 Å². The van der Waals surface area contributed by atoms with E-state index in [1.807, 2.05) is 11.0 Å². The van der Waals surface area contributed by atoms with E-state index in [2.05, 4.69) is 0 Å². The van der Waals surface area contributed by atoms with E-state index >= 15 is 0 Å². The first-order valence-electron chi connectivity index (χ1n) is 7.89. The molecule has 1 saturated heterocycles. The molecule has 5 nitrogen and oxygen atoms in total. The van der Waals surface area contributed by atoms with Crippen molar-refractivity contribution in [1.82, 2.24) is 4.90 Å². The molecule has 1 heterocycles. The first-order valence-corrected chi connectivity index (χ1v) is 7.89. The molecule has 1 aromatic carbocycles.